The van der Waals surface area contributed by atoms with E-state index in [4.69, 9.17) is 0 Å². The largest absolute Gasteiger partial charge is 0.356 e. The molecule has 0 unspecified atom stereocenters. The fourth-order valence-corrected chi connectivity index (χ4v) is 2.06. The van der Waals surface area contributed by atoms with Gasteiger partial charge in [-0.05, 0) is 50.1 Å². The van der Waals surface area contributed by atoms with Crippen molar-refractivity contribution in [3.63, 3.8) is 0 Å². The molecule has 100 valence electrons. The normalized spacial score (nSPS) is 18.1. The van der Waals surface area contributed by atoms with E-state index in [1.807, 2.05) is 0 Å². The smallest absolute Gasteiger partial charge is 0.220 e. The molecule has 0 aliphatic carbocycles. The lowest BCUT2D eigenvalue weighted by atomic mass is 9.90. The monoisotopic (exact) mass is 240 g/mol. The molecular weight excluding hydrogens is 212 g/mol. The summed E-state index contributed by atoms with van der Waals surface area (Å²) in [6.45, 7) is 9.60. The van der Waals surface area contributed by atoms with Gasteiger partial charge in [-0.3, -0.25) is 4.79 Å². The third-order valence-electron chi connectivity index (χ3n) is 3.96. The van der Waals surface area contributed by atoms with Crippen molar-refractivity contribution < 1.29 is 4.79 Å². The van der Waals surface area contributed by atoms with Gasteiger partial charge in [-0.25, -0.2) is 0 Å². The molecular formula is C14H28N2O. The van der Waals surface area contributed by atoms with Crippen LogP contribution in [-0.2, 0) is 4.79 Å². The molecule has 17 heavy (non-hydrogen) atoms. The zero-order valence-electron chi connectivity index (χ0n) is 11.6. The Balaban J connectivity index is 2.12. The van der Waals surface area contributed by atoms with Crippen LogP contribution in [0.25, 0.3) is 0 Å². The number of rotatable bonds is 6. The van der Waals surface area contributed by atoms with Gasteiger partial charge in [-0.1, -0.05) is 20.8 Å². The highest BCUT2D eigenvalue weighted by atomic mass is 16.1. The zero-order valence-corrected chi connectivity index (χ0v) is 11.6. The first kappa shape index (κ1) is 14.5. The van der Waals surface area contributed by atoms with Crippen LogP contribution in [0.2, 0.25) is 0 Å². The average Bonchev–Trinajstić information content (AvgIpc) is 2.35. The van der Waals surface area contributed by atoms with E-state index in [0.717, 1.165) is 38.4 Å². The first-order valence-electron chi connectivity index (χ1n) is 7.01. The summed E-state index contributed by atoms with van der Waals surface area (Å²) < 4.78 is 0. The van der Waals surface area contributed by atoms with E-state index in [1.165, 1.54) is 12.8 Å². The quantitative estimate of drug-likeness (QED) is 0.748. The van der Waals surface area contributed by atoms with Crippen LogP contribution in [0.4, 0.5) is 0 Å². The van der Waals surface area contributed by atoms with Gasteiger partial charge >= 0.3 is 0 Å². The Hall–Kier alpha value is -0.570. The Kier molecular flexibility index (Phi) is 5.96. The summed E-state index contributed by atoms with van der Waals surface area (Å²) in [4.78, 5) is 11.7. The van der Waals surface area contributed by atoms with Crippen molar-refractivity contribution in [3.05, 3.63) is 0 Å². The maximum Gasteiger partial charge on any atom is 0.220 e. The van der Waals surface area contributed by atoms with E-state index < -0.39 is 0 Å². The van der Waals surface area contributed by atoms with E-state index >= 15 is 0 Å². The number of hydrogen-bond donors (Lipinski definition) is 2. The van der Waals surface area contributed by atoms with Crippen molar-refractivity contribution in [3.8, 4) is 0 Å². The Morgan fingerprint density at radius 3 is 2.59 bits per heavy atom. The van der Waals surface area contributed by atoms with Gasteiger partial charge in [0.25, 0.3) is 0 Å². The maximum atomic E-state index is 11.7. The van der Waals surface area contributed by atoms with Gasteiger partial charge in [-0.2, -0.15) is 0 Å². The molecule has 3 heteroatoms. The number of carbonyl (C=O) groups is 1. The molecule has 0 radical (unpaired) electrons. The molecule has 1 saturated heterocycles. The van der Waals surface area contributed by atoms with Crippen LogP contribution in [0.3, 0.4) is 0 Å². The summed E-state index contributed by atoms with van der Waals surface area (Å²) in [6, 6.07) is 0. The first-order valence-corrected chi connectivity index (χ1v) is 7.01. The first-order chi connectivity index (χ1) is 8.03. The van der Waals surface area contributed by atoms with E-state index in [-0.39, 0.29) is 11.3 Å². The lowest BCUT2D eigenvalue weighted by molar-refractivity contribution is -0.121. The lowest BCUT2D eigenvalue weighted by Crippen LogP contribution is -2.34. The van der Waals surface area contributed by atoms with Crippen molar-refractivity contribution in [2.24, 2.45) is 11.3 Å². The van der Waals surface area contributed by atoms with Gasteiger partial charge in [0.05, 0.1) is 0 Å². The minimum Gasteiger partial charge on any atom is -0.356 e. The van der Waals surface area contributed by atoms with E-state index in [2.05, 4.69) is 31.4 Å². The van der Waals surface area contributed by atoms with Crippen LogP contribution < -0.4 is 10.6 Å². The summed E-state index contributed by atoms with van der Waals surface area (Å²) in [5.41, 5.74) is 0.227. The predicted molar refractivity (Wildman–Crippen MR) is 71.9 cm³/mol. The lowest BCUT2D eigenvalue weighted by Gasteiger charge is -2.24. The molecule has 1 fully saturated rings. The van der Waals surface area contributed by atoms with Gasteiger partial charge in [0.1, 0.15) is 0 Å². The van der Waals surface area contributed by atoms with Crippen molar-refractivity contribution in [2.75, 3.05) is 19.6 Å². The van der Waals surface area contributed by atoms with Gasteiger partial charge in [0.2, 0.25) is 5.91 Å². The van der Waals surface area contributed by atoms with Crippen molar-refractivity contribution in [2.45, 2.75) is 52.9 Å². The van der Waals surface area contributed by atoms with E-state index in [1.54, 1.807) is 0 Å². The molecule has 0 aromatic heterocycles. The Morgan fingerprint density at radius 2 is 2.00 bits per heavy atom. The fraction of sp³-hybridized carbons (Fsp3) is 0.929. The number of piperidine rings is 1. The summed E-state index contributed by atoms with van der Waals surface area (Å²) in [6.07, 6.45) is 5.31. The molecule has 0 bridgehead atoms. The zero-order chi connectivity index (χ0) is 12.7. The van der Waals surface area contributed by atoms with Crippen molar-refractivity contribution >= 4 is 5.91 Å². The second kappa shape index (κ2) is 7.00. The summed E-state index contributed by atoms with van der Waals surface area (Å²) in [5.74, 6) is 0.978. The molecule has 0 atom stereocenters. The highest BCUT2D eigenvalue weighted by molar-refractivity contribution is 5.75. The highest BCUT2D eigenvalue weighted by Gasteiger charge is 2.17. The predicted octanol–water partition coefficient (Wildman–Crippen LogP) is 2.32. The van der Waals surface area contributed by atoms with Gasteiger partial charge in [-0.15, -0.1) is 0 Å². The van der Waals surface area contributed by atoms with Crippen LogP contribution in [0.15, 0.2) is 0 Å². The molecule has 1 heterocycles. The molecule has 1 rings (SSSR count). The molecule has 0 spiro atoms. The summed E-state index contributed by atoms with van der Waals surface area (Å²) in [5, 5.41) is 6.41. The van der Waals surface area contributed by atoms with E-state index in [9.17, 15) is 4.79 Å². The molecule has 1 amide bonds. The molecule has 3 nitrogen and oxygen atoms in total. The minimum atomic E-state index is 0.227. The third-order valence-corrected chi connectivity index (χ3v) is 3.96. The molecule has 1 aliphatic rings. The second-order valence-electron chi connectivity index (χ2n) is 6.03. The standard InChI is InChI=1S/C14H28N2O/c1-4-14(2,3)11-16-13(17)6-5-12-7-9-15-10-8-12/h12,15H,4-11H2,1-3H3,(H,16,17). The Labute approximate surface area is 106 Å². The molecule has 2 N–H and O–H groups in total. The second-order valence-corrected chi connectivity index (χ2v) is 6.03. The van der Waals surface area contributed by atoms with Crippen LogP contribution in [0.1, 0.15) is 52.9 Å². The number of hydrogen-bond acceptors (Lipinski definition) is 2. The van der Waals surface area contributed by atoms with Crippen molar-refractivity contribution in [1.82, 2.24) is 10.6 Å². The minimum absolute atomic E-state index is 0.227. The third kappa shape index (κ3) is 6.06. The van der Waals surface area contributed by atoms with Gasteiger partial charge in [0, 0.05) is 13.0 Å². The number of amides is 1. The number of nitrogens with one attached hydrogen (secondary N) is 2. The molecule has 0 saturated carbocycles. The Bertz CT molecular complexity index is 232. The van der Waals surface area contributed by atoms with Crippen LogP contribution >= 0.6 is 0 Å². The van der Waals surface area contributed by atoms with Gasteiger partial charge < -0.3 is 10.6 Å². The van der Waals surface area contributed by atoms with Crippen LogP contribution in [0.5, 0.6) is 0 Å². The molecule has 1 aliphatic heterocycles. The maximum absolute atomic E-state index is 11.7. The topological polar surface area (TPSA) is 41.1 Å². The Morgan fingerprint density at radius 1 is 1.35 bits per heavy atom. The SMILES string of the molecule is CCC(C)(C)CNC(=O)CCC1CCNCC1. The molecule has 0 aromatic carbocycles. The van der Waals surface area contributed by atoms with Gasteiger partial charge in [0.15, 0.2) is 0 Å². The van der Waals surface area contributed by atoms with E-state index in [0.29, 0.717) is 6.42 Å². The van der Waals surface area contributed by atoms with Crippen LogP contribution in [-0.4, -0.2) is 25.5 Å². The summed E-state index contributed by atoms with van der Waals surface area (Å²) >= 11 is 0. The average molecular weight is 240 g/mol. The highest BCUT2D eigenvalue weighted by Crippen LogP contribution is 2.19. The van der Waals surface area contributed by atoms with Crippen LogP contribution in [0, 0.1) is 11.3 Å². The van der Waals surface area contributed by atoms with Crippen molar-refractivity contribution in [1.29, 1.82) is 0 Å². The summed E-state index contributed by atoms with van der Waals surface area (Å²) in [7, 11) is 0. The molecule has 0 aromatic rings. The number of carbonyl (C=O) groups excluding carboxylic acids is 1. The fourth-order valence-electron chi connectivity index (χ4n) is 2.06.